The molecule has 0 bridgehead atoms. The summed E-state index contributed by atoms with van der Waals surface area (Å²) >= 11 is 0. The topological polar surface area (TPSA) is 117 Å². The van der Waals surface area contributed by atoms with Crippen molar-refractivity contribution in [2.45, 2.75) is 32.6 Å². The third-order valence-corrected chi connectivity index (χ3v) is 9.02. The Morgan fingerprint density at radius 3 is 2.34 bits per heavy atom. The molecule has 1 heterocycles. The molecule has 1 aliphatic heterocycles. The van der Waals surface area contributed by atoms with Gasteiger partial charge in [0, 0.05) is 56.5 Å². The van der Waals surface area contributed by atoms with Gasteiger partial charge < -0.3 is 35.2 Å². The molecule has 5 rings (SSSR count). The van der Waals surface area contributed by atoms with Gasteiger partial charge in [0.25, 0.3) is 11.8 Å². The van der Waals surface area contributed by atoms with Crippen LogP contribution in [-0.2, 0) is 4.79 Å². The van der Waals surface area contributed by atoms with E-state index < -0.39 is 0 Å². The number of likely N-dealkylation sites (N-methyl/N-ethyl adjacent to an activating group) is 1. The van der Waals surface area contributed by atoms with Crippen LogP contribution in [0, 0.1) is 6.92 Å². The molecule has 0 unspecified atom stereocenters. The molecule has 0 radical (unpaired) electrons. The Bertz CT molecular complexity index is 1800. The third-order valence-electron chi connectivity index (χ3n) is 9.02. The number of carbonyl (C=O) groups excluding carboxylic acids is 3. The predicted octanol–water partition coefficient (Wildman–Crippen LogP) is 6.49. The van der Waals surface area contributed by atoms with E-state index >= 15 is 0 Å². The lowest BCUT2D eigenvalue weighted by atomic mass is 9.99. The minimum atomic E-state index is -0.310. The number of benzene rings is 4. The number of carbonyl (C=O) groups is 3. The number of nitrogens with zero attached hydrogens (tertiary/aromatic N) is 3. The summed E-state index contributed by atoms with van der Waals surface area (Å²) in [5, 5.41) is 2.95. The Kier molecular flexibility index (Phi) is 12.1. The van der Waals surface area contributed by atoms with E-state index in [9.17, 15) is 14.4 Å². The number of anilines is 3. The molecule has 3 N–H and O–H groups in total. The molecule has 0 saturated carbocycles. The van der Waals surface area contributed by atoms with Crippen molar-refractivity contribution < 1.29 is 23.9 Å². The number of unbranched alkanes of at least 4 members (excludes halogenated alkanes) is 2. The first-order chi connectivity index (χ1) is 24.1. The van der Waals surface area contributed by atoms with E-state index in [2.05, 4.69) is 17.3 Å². The number of rotatable bonds is 13. The molecule has 1 fully saturated rings. The van der Waals surface area contributed by atoms with Crippen LogP contribution in [0.25, 0.3) is 11.1 Å². The number of nitrogen functional groups attached to an aromatic ring is 1. The van der Waals surface area contributed by atoms with Crippen molar-refractivity contribution in [2.24, 2.45) is 0 Å². The van der Waals surface area contributed by atoms with Crippen LogP contribution in [0.2, 0.25) is 0 Å². The summed E-state index contributed by atoms with van der Waals surface area (Å²) in [7, 11) is 5.29. The fourth-order valence-corrected chi connectivity index (χ4v) is 5.98. The number of nitrogens with two attached hydrogens (primary N) is 1. The average Bonchev–Trinajstić information content (AvgIpc) is 3.13. The second kappa shape index (κ2) is 16.8. The molecule has 0 aliphatic carbocycles. The lowest BCUT2D eigenvalue weighted by Crippen LogP contribution is -2.47. The summed E-state index contributed by atoms with van der Waals surface area (Å²) in [6.07, 6.45) is 3.06. The number of ether oxygens (including phenoxy) is 2. The molecule has 262 valence electrons. The first kappa shape index (κ1) is 35.9. The summed E-state index contributed by atoms with van der Waals surface area (Å²) in [6.45, 7) is 5.91. The van der Waals surface area contributed by atoms with Crippen LogP contribution in [0.4, 0.5) is 17.1 Å². The second-order valence-corrected chi connectivity index (χ2v) is 12.7. The van der Waals surface area contributed by atoms with Crippen molar-refractivity contribution >= 4 is 34.8 Å². The van der Waals surface area contributed by atoms with E-state index in [0.29, 0.717) is 52.7 Å². The highest BCUT2D eigenvalue weighted by Crippen LogP contribution is 2.33. The van der Waals surface area contributed by atoms with Gasteiger partial charge >= 0.3 is 0 Å². The Morgan fingerprint density at radius 1 is 0.860 bits per heavy atom. The van der Waals surface area contributed by atoms with Gasteiger partial charge in [-0.1, -0.05) is 36.4 Å². The van der Waals surface area contributed by atoms with Crippen LogP contribution in [0.3, 0.4) is 0 Å². The van der Waals surface area contributed by atoms with Crippen LogP contribution >= 0.6 is 0 Å². The zero-order valence-electron chi connectivity index (χ0n) is 29.4. The molecular weight excluding hydrogens is 630 g/mol. The van der Waals surface area contributed by atoms with Crippen molar-refractivity contribution in [3.63, 3.8) is 0 Å². The molecule has 1 saturated heterocycles. The smallest absolute Gasteiger partial charge is 0.258 e. The Morgan fingerprint density at radius 2 is 1.60 bits per heavy atom. The number of methoxy groups -OCH3 is 1. The molecular formula is C40H47N5O5. The predicted molar refractivity (Wildman–Crippen MR) is 199 cm³/mol. The van der Waals surface area contributed by atoms with Gasteiger partial charge in [0.1, 0.15) is 11.5 Å². The molecule has 10 heteroatoms. The van der Waals surface area contributed by atoms with E-state index in [1.54, 1.807) is 48.3 Å². The van der Waals surface area contributed by atoms with Gasteiger partial charge in [-0.05, 0) is 98.5 Å². The standard InChI is InChI=1S/C40H47N5O5/c1-28-13-20-35(37(26-28)50-25-9-5-6-12-38(46)45-23-21-43(2)22-24-45)44(3)40(48)30-16-19-34(36(27-30)49-4)42-39(47)33-11-8-7-10-32(33)29-14-17-31(41)18-15-29/h7-8,10-11,13-20,26-27H,5-6,9,12,21-25,41H2,1-4H3,(H,42,47). The summed E-state index contributed by atoms with van der Waals surface area (Å²) in [5.41, 5.74) is 11.1. The molecule has 50 heavy (non-hydrogen) atoms. The van der Waals surface area contributed by atoms with Crippen LogP contribution < -0.4 is 25.4 Å². The molecule has 1 aliphatic rings. The number of amides is 3. The van der Waals surface area contributed by atoms with Crippen molar-refractivity contribution in [1.82, 2.24) is 9.80 Å². The SMILES string of the molecule is COc1cc(C(=O)N(C)c2ccc(C)cc2OCCCCCC(=O)N2CCN(C)CC2)ccc1NC(=O)c1ccccc1-c1ccc(N)cc1. The third kappa shape index (κ3) is 9.00. The van der Waals surface area contributed by atoms with Crippen molar-refractivity contribution in [2.75, 3.05) is 69.9 Å². The highest BCUT2D eigenvalue weighted by atomic mass is 16.5. The molecule has 4 aromatic rings. The zero-order chi connectivity index (χ0) is 35.6. The molecule has 4 aromatic carbocycles. The van der Waals surface area contributed by atoms with Crippen molar-refractivity contribution in [3.8, 4) is 22.6 Å². The zero-order valence-corrected chi connectivity index (χ0v) is 29.4. The quantitative estimate of drug-likeness (QED) is 0.123. The highest BCUT2D eigenvalue weighted by Gasteiger charge is 2.21. The fraction of sp³-hybridized carbons (Fsp3) is 0.325. The second-order valence-electron chi connectivity index (χ2n) is 12.7. The molecule has 0 aromatic heterocycles. The van der Waals surface area contributed by atoms with E-state index in [4.69, 9.17) is 15.2 Å². The van der Waals surface area contributed by atoms with Crippen LogP contribution in [-0.4, -0.2) is 81.5 Å². The summed E-state index contributed by atoms with van der Waals surface area (Å²) in [5.74, 6) is 0.631. The van der Waals surface area contributed by atoms with Gasteiger partial charge in [-0.2, -0.15) is 0 Å². The normalized spacial score (nSPS) is 13.1. The van der Waals surface area contributed by atoms with E-state index in [-0.39, 0.29) is 17.7 Å². The fourth-order valence-electron chi connectivity index (χ4n) is 5.98. The largest absolute Gasteiger partial charge is 0.495 e. The van der Waals surface area contributed by atoms with E-state index in [1.807, 2.05) is 60.4 Å². The first-order valence-electron chi connectivity index (χ1n) is 17.1. The number of nitrogens with one attached hydrogen (secondary N) is 1. The van der Waals surface area contributed by atoms with Gasteiger partial charge in [-0.3, -0.25) is 14.4 Å². The maximum absolute atomic E-state index is 13.7. The monoisotopic (exact) mass is 677 g/mol. The van der Waals surface area contributed by atoms with Gasteiger partial charge in [0.2, 0.25) is 5.91 Å². The average molecular weight is 678 g/mol. The minimum Gasteiger partial charge on any atom is -0.495 e. The maximum atomic E-state index is 13.7. The first-order valence-corrected chi connectivity index (χ1v) is 17.1. The number of hydrogen-bond acceptors (Lipinski definition) is 7. The lowest BCUT2D eigenvalue weighted by Gasteiger charge is -2.32. The van der Waals surface area contributed by atoms with Gasteiger partial charge in [-0.15, -0.1) is 0 Å². The Hall–Kier alpha value is -5.35. The summed E-state index contributed by atoms with van der Waals surface area (Å²) < 4.78 is 11.8. The molecule has 10 nitrogen and oxygen atoms in total. The number of aryl methyl sites for hydroxylation is 1. The number of hydrogen-bond donors (Lipinski definition) is 2. The van der Waals surface area contributed by atoms with Gasteiger partial charge in [0.15, 0.2) is 0 Å². The molecule has 3 amide bonds. The van der Waals surface area contributed by atoms with E-state index in [1.165, 1.54) is 7.11 Å². The lowest BCUT2D eigenvalue weighted by molar-refractivity contribution is -0.132. The van der Waals surface area contributed by atoms with Crippen molar-refractivity contribution in [3.05, 3.63) is 102 Å². The highest BCUT2D eigenvalue weighted by molar-refractivity contribution is 6.10. The molecule has 0 spiro atoms. The van der Waals surface area contributed by atoms with Crippen molar-refractivity contribution in [1.29, 1.82) is 0 Å². The van der Waals surface area contributed by atoms with Gasteiger partial charge in [0.05, 0.1) is 25.1 Å². The summed E-state index contributed by atoms with van der Waals surface area (Å²) in [6, 6.07) is 25.4. The van der Waals surface area contributed by atoms with Gasteiger partial charge in [-0.25, -0.2) is 0 Å². The Labute approximate surface area is 294 Å². The minimum absolute atomic E-state index is 0.229. The molecule has 0 atom stereocenters. The summed E-state index contributed by atoms with van der Waals surface area (Å²) in [4.78, 5) is 45.5. The van der Waals surface area contributed by atoms with Crippen LogP contribution in [0.15, 0.2) is 84.9 Å². The number of piperazine rings is 1. The van der Waals surface area contributed by atoms with Crippen LogP contribution in [0.5, 0.6) is 11.5 Å². The van der Waals surface area contributed by atoms with Crippen LogP contribution in [0.1, 0.15) is 52.0 Å². The Balaban J connectivity index is 1.20. The van der Waals surface area contributed by atoms with E-state index in [0.717, 1.165) is 62.1 Å². The maximum Gasteiger partial charge on any atom is 0.258 e.